The molecule has 3 unspecified atom stereocenters. The Kier molecular flexibility index (Phi) is 5.64. The van der Waals surface area contributed by atoms with Crippen molar-refractivity contribution in [3.8, 4) is 0 Å². The van der Waals surface area contributed by atoms with E-state index in [1.165, 1.54) is 6.92 Å². The molecule has 8 nitrogen and oxygen atoms in total. The number of carbonyl (C=O) groups is 3. The minimum absolute atomic E-state index is 0.0681. The molecule has 162 valence electrons. The van der Waals surface area contributed by atoms with E-state index in [-0.39, 0.29) is 29.9 Å². The molecule has 0 amide bonds. The SMILES string of the molecule is C/C=C(\C)C(=O)OC1CC(C)(O)C2=CCC(C)(/C=C3/OC(=O)C(COC(C)=O)=C31)O2. The number of allylic oxidation sites excluding steroid dienone is 1. The highest BCUT2D eigenvalue weighted by Crippen LogP contribution is 2.44. The molecule has 3 rings (SSSR count). The molecule has 30 heavy (non-hydrogen) atoms. The molecule has 0 radical (unpaired) electrons. The first-order valence-corrected chi connectivity index (χ1v) is 9.73. The highest BCUT2D eigenvalue weighted by molar-refractivity contribution is 5.96. The van der Waals surface area contributed by atoms with Crippen molar-refractivity contribution in [2.75, 3.05) is 6.61 Å². The van der Waals surface area contributed by atoms with Crippen LogP contribution in [0, 0.1) is 0 Å². The summed E-state index contributed by atoms with van der Waals surface area (Å²) < 4.78 is 22.1. The van der Waals surface area contributed by atoms with E-state index in [0.29, 0.717) is 17.8 Å². The minimum Gasteiger partial charge on any atom is -0.485 e. The van der Waals surface area contributed by atoms with Gasteiger partial charge in [-0.05, 0) is 33.8 Å². The van der Waals surface area contributed by atoms with Gasteiger partial charge in [0.25, 0.3) is 0 Å². The maximum Gasteiger partial charge on any atom is 0.343 e. The van der Waals surface area contributed by atoms with Gasteiger partial charge in [0, 0.05) is 37.0 Å². The van der Waals surface area contributed by atoms with Gasteiger partial charge in [-0.2, -0.15) is 0 Å². The Bertz CT molecular complexity index is 917. The average Bonchev–Trinajstić information content (AvgIpc) is 3.18. The van der Waals surface area contributed by atoms with Crippen molar-refractivity contribution in [3.63, 3.8) is 0 Å². The molecule has 0 aromatic carbocycles. The zero-order valence-electron chi connectivity index (χ0n) is 17.7. The van der Waals surface area contributed by atoms with E-state index in [4.69, 9.17) is 18.9 Å². The van der Waals surface area contributed by atoms with Crippen molar-refractivity contribution in [3.05, 3.63) is 46.5 Å². The average molecular weight is 418 g/mol. The van der Waals surface area contributed by atoms with Crippen molar-refractivity contribution in [1.29, 1.82) is 0 Å². The molecular formula is C22H26O8. The molecule has 3 atom stereocenters. The zero-order valence-corrected chi connectivity index (χ0v) is 17.7. The Balaban J connectivity index is 2.14. The maximum atomic E-state index is 12.6. The molecule has 2 bridgehead atoms. The quantitative estimate of drug-likeness (QED) is 0.421. The fourth-order valence-corrected chi connectivity index (χ4v) is 3.58. The third kappa shape index (κ3) is 4.18. The van der Waals surface area contributed by atoms with Gasteiger partial charge in [0.1, 0.15) is 35.4 Å². The lowest BCUT2D eigenvalue weighted by molar-refractivity contribution is -0.145. The van der Waals surface area contributed by atoms with Crippen molar-refractivity contribution in [2.24, 2.45) is 0 Å². The standard InChI is InChI=1S/C22H26O8/c1-6-12(2)19(24)28-16-10-22(5,26)17-7-8-21(4,30-17)9-15-18(16)14(20(25)29-15)11-27-13(3)23/h6-7,9,16,26H,8,10-11H2,1-5H3/b12-6+,15-9+. The lowest BCUT2D eigenvalue weighted by Crippen LogP contribution is -2.36. The number of rotatable bonds is 4. The summed E-state index contributed by atoms with van der Waals surface area (Å²) in [6.45, 7) is 7.55. The predicted molar refractivity (Wildman–Crippen MR) is 105 cm³/mol. The molecule has 0 fully saturated rings. The van der Waals surface area contributed by atoms with Crippen molar-refractivity contribution < 1.29 is 38.4 Å². The summed E-state index contributed by atoms with van der Waals surface area (Å²) in [5.74, 6) is -1.33. The van der Waals surface area contributed by atoms with Crippen LogP contribution in [-0.4, -0.2) is 46.9 Å². The zero-order chi connectivity index (χ0) is 22.3. The normalized spacial score (nSPS) is 32.5. The molecule has 3 aliphatic rings. The molecule has 0 aromatic heterocycles. The van der Waals surface area contributed by atoms with Gasteiger partial charge in [-0.3, -0.25) is 4.79 Å². The van der Waals surface area contributed by atoms with Crippen LogP contribution in [-0.2, 0) is 33.3 Å². The number of fused-ring (bicyclic) bond motifs is 3. The van der Waals surface area contributed by atoms with Crippen LogP contribution in [0.15, 0.2) is 46.5 Å². The van der Waals surface area contributed by atoms with Crippen LogP contribution in [0.5, 0.6) is 0 Å². The molecule has 0 aliphatic carbocycles. The molecule has 1 N–H and O–H groups in total. The molecule has 8 heteroatoms. The lowest BCUT2D eigenvalue weighted by atomic mass is 9.88. The molecule has 0 aromatic rings. The smallest absolute Gasteiger partial charge is 0.343 e. The van der Waals surface area contributed by atoms with Gasteiger partial charge >= 0.3 is 17.9 Å². The second-order valence-electron chi connectivity index (χ2n) is 8.10. The number of carbonyl (C=O) groups excluding carboxylic acids is 3. The summed E-state index contributed by atoms with van der Waals surface area (Å²) in [5, 5.41) is 11.1. The largest absolute Gasteiger partial charge is 0.485 e. The van der Waals surface area contributed by atoms with Gasteiger partial charge in [-0.25, -0.2) is 9.59 Å². The number of hydrogen-bond donors (Lipinski definition) is 1. The molecule has 0 spiro atoms. The van der Waals surface area contributed by atoms with Crippen molar-refractivity contribution in [2.45, 2.75) is 64.8 Å². The summed E-state index contributed by atoms with van der Waals surface area (Å²) in [4.78, 5) is 36.4. The summed E-state index contributed by atoms with van der Waals surface area (Å²) in [5.41, 5.74) is -1.61. The number of aliphatic hydroxyl groups is 1. The van der Waals surface area contributed by atoms with Gasteiger partial charge in [0.2, 0.25) is 0 Å². The van der Waals surface area contributed by atoms with Gasteiger partial charge in [0.05, 0.1) is 5.57 Å². The molecule has 3 aliphatic heterocycles. The Labute approximate surface area is 174 Å². The topological polar surface area (TPSA) is 108 Å². The van der Waals surface area contributed by atoms with Crippen LogP contribution in [0.1, 0.15) is 47.5 Å². The predicted octanol–water partition coefficient (Wildman–Crippen LogP) is 2.38. The molecule has 0 saturated heterocycles. The highest BCUT2D eigenvalue weighted by Gasteiger charge is 2.47. The van der Waals surface area contributed by atoms with Gasteiger partial charge < -0.3 is 24.1 Å². The third-order valence-electron chi connectivity index (χ3n) is 5.37. The van der Waals surface area contributed by atoms with E-state index in [0.717, 1.165) is 0 Å². The minimum atomic E-state index is -1.47. The van der Waals surface area contributed by atoms with E-state index in [1.54, 1.807) is 45.9 Å². The Morgan fingerprint density at radius 3 is 2.67 bits per heavy atom. The summed E-state index contributed by atoms with van der Waals surface area (Å²) in [6, 6.07) is 0. The fourth-order valence-electron chi connectivity index (χ4n) is 3.58. The number of hydrogen-bond acceptors (Lipinski definition) is 8. The second kappa shape index (κ2) is 7.75. The van der Waals surface area contributed by atoms with E-state index in [2.05, 4.69) is 0 Å². The van der Waals surface area contributed by atoms with Crippen molar-refractivity contribution >= 4 is 17.9 Å². The van der Waals surface area contributed by atoms with Crippen LogP contribution in [0.4, 0.5) is 0 Å². The summed E-state index contributed by atoms with van der Waals surface area (Å²) >= 11 is 0. The Morgan fingerprint density at radius 1 is 1.33 bits per heavy atom. The Morgan fingerprint density at radius 2 is 2.03 bits per heavy atom. The molecule has 0 saturated carbocycles. The van der Waals surface area contributed by atoms with Crippen molar-refractivity contribution in [1.82, 2.24) is 0 Å². The van der Waals surface area contributed by atoms with Crippen LogP contribution in [0.25, 0.3) is 0 Å². The summed E-state index contributed by atoms with van der Waals surface area (Å²) in [7, 11) is 0. The molecule has 3 heterocycles. The first-order valence-electron chi connectivity index (χ1n) is 9.73. The van der Waals surface area contributed by atoms with E-state index in [1.807, 2.05) is 0 Å². The third-order valence-corrected chi connectivity index (χ3v) is 5.37. The van der Waals surface area contributed by atoms with E-state index >= 15 is 0 Å². The van der Waals surface area contributed by atoms with Gasteiger partial charge in [0.15, 0.2) is 0 Å². The van der Waals surface area contributed by atoms with E-state index in [9.17, 15) is 19.5 Å². The highest BCUT2D eigenvalue weighted by atomic mass is 16.6. The first-order chi connectivity index (χ1) is 14.0. The lowest BCUT2D eigenvalue weighted by Gasteiger charge is -2.30. The van der Waals surface area contributed by atoms with Crippen LogP contribution >= 0.6 is 0 Å². The van der Waals surface area contributed by atoms with E-state index < -0.39 is 35.2 Å². The monoisotopic (exact) mass is 418 g/mol. The molecular weight excluding hydrogens is 392 g/mol. The number of ether oxygens (including phenoxy) is 4. The Hall–Kier alpha value is -2.87. The van der Waals surface area contributed by atoms with Crippen LogP contribution in [0.3, 0.4) is 0 Å². The maximum absolute atomic E-state index is 12.6. The second-order valence-corrected chi connectivity index (χ2v) is 8.10. The summed E-state index contributed by atoms with van der Waals surface area (Å²) in [6.07, 6.45) is 4.37. The van der Waals surface area contributed by atoms with Gasteiger partial charge in [-0.15, -0.1) is 0 Å². The fraction of sp³-hybridized carbons (Fsp3) is 0.500. The number of esters is 3. The first kappa shape index (κ1) is 21.8. The van der Waals surface area contributed by atoms with Crippen LogP contribution in [0.2, 0.25) is 0 Å². The van der Waals surface area contributed by atoms with Crippen LogP contribution < -0.4 is 0 Å². The van der Waals surface area contributed by atoms with Gasteiger partial charge in [-0.1, -0.05) is 6.08 Å².